The fourth-order valence-electron chi connectivity index (χ4n) is 1.92. The molecule has 0 radical (unpaired) electrons. The summed E-state index contributed by atoms with van der Waals surface area (Å²) in [6.07, 6.45) is 2.19. The van der Waals surface area contributed by atoms with Crippen LogP contribution in [0, 0.1) is 6.92 Å². The van der Waals surface area contributed by atoms with Crippen LogP contribution in [0.3, 0.4) is 0 Å². The molecule has 5 nitrogen and oxygen atoms in total. The molecule has 5 heteroatoms. The van der Waals surface area contributed by atoms with Gasteiger partial charge in [-0.05, 0) is 38.8 Å². The van der Waals surface area contributed by atoms with E-state index in [1.807, 2.05) is 26.0 Å². The van der Waals surface area contributed by atoms with E-state index in [1.165, 1.54) is 6.20 Å². The Balaban J connectivity index is 3.02. The van der Waals surface area contributed by atoms with Crippen LogP contribution in [0.1, 0.15) is 31.9 Å². The number of aryl methyl sites for hydroxylation is 2. The highest BCUT2D eigenvalue weighted by molar-refractivity contribution is 6.14. The Bertz CT molecular complexity index is 544. The maximum Gasteiger partial charge on any atom is 0.347 e. The topological polar surface area (TPSA) is 64.6 Å². The van der Waals surface area contributed by atoms with Crippen molar-refractivity contribution >= 4 is 17.6 Å². The van der Waals surface area contributed by atoms with Gasteiger partial charge in [0, 0.05) is 11.9 Å². The third-order valence-corrected chi connectivity index (χ3v) is 3.00. The number of hydrogen-bond acceptors (Lipinski definition) is 5. The molecular formula is C17H23NO4. The summed E-state index contributed by atoms with van der Waals surface area (Å²) in [5.41, 5.74) is 2.95. The minimum atomic E-state index is -0.696. The first-order chi connectivity index (χ1) is 10.5. The number of ether oxygens (including phenoxy) is 2. The molecule has 0 saturated heterocycles. The van der Waals surface area contributed by atoms with Gasteiger partial charge in [0.15, 0.2) is 5.57 Å². The Morgan fingerprint density at radius 3 is 2.18 bits per heavy atom. The van der Waals surface area contributed by atoms with Gasteiger partial charge in [-0.15, -0.1) is 0 Å². The van der Waals surface area contributed by atoms with E-state index in [1.54, 1.807) is 13.8 Å². The predicted molar refractivity (Wildman–Crippen MR) is 85.5 cm³/mol. The van der Waals surface area contributed by atoms with Gasteiger partial charge in [0.2, 0.25) is 0 Å². The maximum atomic E-state index is 11.9. The van der Waals surface area contributed by atoms with Crippen LogP contribution in [-0.2, 0) is 25.5 Å². The molecule has 0 fully saturated rings. The van der Waals surface area contributed by atoms with Crippen LogP contribution in [0.15, 0.2) is 30.0 Å². The highest BCUT2D eigenvalue weighted by Crippen LogP contribution is 2.18. The van der Waals surface area contributed by atoms with Gasteiger partial charge >= 0.3 is 11.9 Å². The summed E-state index contributed by atoms with van der Waals surface area (Å²) in [6, 6.07) is 5.94. The van der Waals surface area contributed by atoms with Crippen molar-refractivity contribution in [2.24, 2.45) is 0 Å². The second kappa shape index (κ2) is 8.87. The second-order valence-corrected chi connectivity index (χ2v) is 4.66. The van der Waals surface area contributed by atoms with E-state index in [2.05, 4.69) is 11.4 Å². The summed E-state index contributed by atoms with van der Waals surface area (Å²) in [5.74, 6) is -1.39. The molecule has 0 aliphatic rings. The standard InChI is InChI=1S/C17H23NO4/c1-5-13-10-12(4)8-9-15(13)18-11-14(16(19)21-6-2)17(20)22-7-3/h8-11,18H,5-7H2,1-4H3. The van der Waals surface area contributed by atoms with Crippen molar-refractivity contribution in [3.05, 3.63) is 41.1 Å². The van der Waals surface area contributed by atoms with Gasteiger partial charge in [-0.2, -0.15) is 0 Å². The Hall–Kier alpha value is -2.30. The number of rotatable bonds is 7. The minimum Gasteiger partial charge on any atom is -0.462 e. The Morgan fingerprint density at radius 2 is 1.68 bits per heavy atom. The molecule has 0 amide bonds. The molecule has 1 N–H and O–H groups in total. The summed E-state index contributed by atoms with van der Waals surface area (Å²) in [7, 11) is 0. The quantitative estimate of drug-likeness (QED) is 0.363. The van der Waals surface area contributed by atoms with Crippen LogP contribution in [0.4, 0.5) is 5.69 Å². The van der Waals surface area contributed by atoms with Crippen molar-refractivity contribution in [2.45, 2.75) is 34.1 Å². The molecule has 0 bridgehead atoms. The molecule has 22 heavy (non-hydrogen) atoms. The minimum absolute atomic E-state index is 0.147. The summed E-state index contributed by atoms with van der Waals surface area (Å²) >= 11 is 0. The lowest BCUT2D eigenvalue weighted by Crippen LogP contribution is -2.19. The van der Waals surface area contributed by atoms with Gasteiger partial charge in [-0.25, -0.2) is 9.59 Å². The lowest BCUT2D eigenvalue weighted by Gasteiger charge is -2.11. The molecule has 0 heterocycles. The van der Waals surface area contributed by atoms with Gasteiger partial charge in [-0.1, -0.05) is 24.6 Å². The third kappa shape index (κ3) is 4.91. The fraction of sp³-hybridized carbons (Fsp3) is 0.412. The number of benzene rings is 1. The molecule has 0 aliphatic heterocycles. The summed E-state index contributed by atoms with van der Waals surface area (Å²) < 4.78 is 9.78. The van der Waals surface area contributed by atoms with Crippen molar-refractivity contribution < 1.29 is 19.1 Å². The van der Waals surface area contributed by atoms with Gasteiger partial charge < -0.3 is 14.8 Å². The van der Waals surface area contributed by atoms with E-state index < -0.39 is 11.9 Å². The maximum absolute atomic E-state index is 11.9. The first kappa shape index (κ1) is 17.8. The average Bonchev–Trinajstić information content (AvgIpc) is 2.49. The number of nitrogens with one attached hydrogen (secondary N) is 1. The van der Waals surface area contributed by atoms with Gasteiger partial charge in [0.05, 0.1) is 13.2 Å². The number of anilines is 1. The van der Waals surface area contributed by atoms with Crippen LogP contribution in [0.25, 0.3) is 0 Å². The van der Waals surface area contributed by atoms with Gasteiger partial charge in [0.1, 0.15) is 0 Å². The zero-order valence-electron chi connectivity index (χ0n) is 13.6. The van der Waals surface area contributed by atoms with E-state index in [0.717, 1.165) is 23.2 Å². The summed E-state index contributed by atoms with van der Waals surface area (Å²) in [6.45, 7) is 7.82. The molecule has 0 aliphatic carbocycles. The highest BCUT2D eigenvalue weighted by Gasteiger charge is 2.21. The van der Waals surface area contributed by atoms with Crippen molar-refractivity contribution in [3.63, 3.8) is 0 Å². The molecule has 0 unspecified atom stereocenters. The van der Waals surface area contributed by atoms with Crippen molar-refractivity contribution in [3.8, 4) is 0 Å². The molecule has 0 saturated carbocycles. The average molecular weight is 305 g/mol. The zero-order valence-corrected chi connectivity index (χ0v) is 13.6. The number of hydrogen-bond donors (Lipinski definition) is 1. The molecular weight excluding hydrogens is 282 g/mol. The highest BCUT2D eigenvalue weighted by atomic mass is 16.6. The van der Waals surface area contributed by atoms with Crippen LogP contribution < -0.4 is 5.32 Å². The van der Waals surface area contributed by atoms with Crippen LogP contribution in [0.5, 0.6) is 0 Å². The molecule has 0 spiro atoms. The fourth-order valence-corrected chi connectivity index (χ4v) is 1.92. The van der Waals surface area contributed by atoms with Crippen LogP contribution >= 0.6 is 0 Å². The van der Waals surface area contributed by atoms with Crippen molar-refractivity contribution in [1.29, 1.82) is 0 Å². The Kier molecular flexibility index (Phi) is 7.16. The van der Waals surface area contributed by atoms with Crippen LogP contribution in [-0.4, -0.2) is 25.2 Å². The molecule has 0 atom stereocenters. The van der Waals surface area contributed by atoms with Crippen molar-refractivity contribution in [1.82, 2.24) is 0 Å². The van der Waals surface area contributed by atoms with Gasteiger partial charge in [-0.3, -0.25) is 0 Å². The van der Waals surface area contributed by atoms with E-state index in [0.29, 0.717) is 0 Å². The SMILES string of the molecule is CCOC(=O)C(=CNc1ccc(C)cc1CC)C(=O)OCC. The monoisotopic (exact) mass is 305 g/mol. The lowest BCUT2D eigenvalue weighted by molar-refractivity contribution is -0.146. The van der Waals surface area contributed by atoms with E-state index in [9.17, 15) is 9.59 Å². The zero-order chi connectivity index (χ0) is 16.5. The third-order valence-electron chi connectivity index (χ3n) is 3.00. The summed E-state index contributed by atoms with van der Waals surface area (Å²) in [5, 5.41) is 3.01. The van der Waals surface area contributed by atoms with Gasteiger partial charge in [0.25, 0.3) is 0 Å². The second-order valence-electron chi connectivity index (χ2n) is 4.66. The predicted octanol–water partition coefficient (Wildman–Crippen LogP) is 2.98. The van der Waals surface area contributed by atoms with Crippen molar-refractivity contribution in [2.75, 3.05) is 18.5 Å². The molecule has 1 aromatic rings. The van der Waals surface area contributed by atoms with Crippen LogP contribution in [0.2, 0.25) is 0 Å². The number of carbonyl (C=O) groups is 2. The Morgan fingerprint density at radius 1 is 1.09 bits per heavy atom. The molecule has 1 rings (SSSR count). The van der Waals surface area contributed by atoms with E-state index in [-0.39, 0.29) is 18.8 Å². The largest absolute Gasteiger partial charge is 0.462 e. The van der Waals surface area contributed by atoms with E-state index in [4.69, 9.17) is 9.47 Å². The lowest BCUT2D eigenvalue weighted by atomic mass is 10.1. The number of esters is 2. The first-order valence-corrected chi connectivity index (χ1v) is 7.43. The molecule has 1 aromatic carbocycles. The smallest absolute Gasteiger partial charge is 0.347 e. The Labute approximate surface area is 131 Å². The molecule has 120 valence electrons. The van der Waals surface area contributed by atoms with E-state index >= 15 is 0 Å². The number of carbonyl (C=O) groups excluding carboxylic acids is 2. The first-order valence-electron chi connectivity index (χ1n) is 7.43. The molecule has 0 aromatic heterocycles. The summed E-state index contributed by atoms with van der Waals surface area (Å²) in [4.78, 5) is 23.7. The normalized spacial score (nSPS) is 9.82.